The van der Waals surface area contributed by atoms with Crippen molar-refractivity contribution in [3.63, 3.8) is 0 Å². The highest BCUT2D eigenvalue weighted by Crippen LogP contribution is 2.19. The second-order valence-electron chi connectivity index (χ2n) is 4.98. The largest absolute Gasteiger partial charge is 0.369 e. The van der Waals surface area contributed by atoms with Crippen LogP contribution in [0.5, 0.6) is 0 Å². The molecule has 0 unspecified atom stereocenters. The first-order chi connectivity index (χ1) is 9.29. The first-order valence-corrected chi connectivity index (χ1v) is 7.17. The van der Waals surface area contributed by atoms with E-state index in [9.17, 15) is 9.59 Å². The Balaban J connectivity index is 2.65. The van der Waals surface area contributed by atoms with Gasteiger partial charge >= 0.3 is 0 Å². The zero-order valence-corrected chi connectivity index (χ0v) is 13.5. The summed E-state index contributed by atoms with van der Waals surface area (Å²) in [5.41, 5.74) is 6.96. The van der Waals surface area contributed by atoms with E-state index in [4.69, 9.17) is 5.73 Å². The first-order valence-electron chi connectivity index (χ1n) is 6.38. The lowest BCUT2D eigenvalue weighted by molar-refractivity contribution is -0.121. The van der Waals surface area contributed by atoms with E-state index in [1.807, 2.05) is 39.0 Å². The number of nitrogens with zero attached hydrogens (tertiary/aromatic N) is 1. The molecule has 2 amide bonds. The van der Waals surface area contributed by atoms with Crippen LogP contribution in [0.2, 0.25) is 0 Å². The summed E-state index contributed by atoms with van der Waals surface area (Å²) < 4.78 is 0.994. The lowest BCUT2D eigenvalue weighted by Gasteiger charge is -2.24. The molecule has 0 heterocycles. The monoisotopic (exact) mass is 341 g/mol. The molecule has 0 aliphatic rings. The van der Waals surface area contributed by atoms with Crippen molar-refractivity contribution in [2.45, 2.75) is 26.8 Å². The fourth-order valence-electron chi connectivity index (χ4n) is 1.73. The van der Waals surface area contributed by atoms with Crippen LogP contribution in [0.25, 0.3) is 0 Å². The summed E-state index contributed by atoms with van der Waals surface area (Å²) in [6.07, 6.45) is 0. The number of hydrogen-bond donors (Lipinski definition) is 2. The minimum Gasteiger partial charge on any atom is -0.369 e. The van der Waals surface area contributed by atoms with Crippen molar-refractivity contribution in [1.82, 2.24) is 4.90 Å². The minimum absolute atomic E-state index is 0.0694. The van der Waals surface area contributed by atoms with Gasteiger partial charge in [-0.2, -0.15) is 0 Å². The third-order valence-corrected chi connectivity index (χ3v) is 3.77. The van der Waals surface area contributed by atoms with E-state index < -0.39 is 5.91 Å². The predicted octanol–water partition coefficient (Wildman–Crippen LogP) is 1.89. The van der Waals surface area contributed by atoms with Gasteiger partial charge < -0.3 is 11.1 Å². The molecule has 1 aromatic carbocycles. The number of amides is 2. The Hall–Kier alpha value is -1.40. The fraction of sp³-hybridized carbons (Fsp3) is 0.429. The summed E-state index contributed by atoms with van der Waals surface area (Å²) in [6, 6.07) is 5.66. The molecule has 1 rings (SSSR count). The van der Waals surface area contributed by atoms with Gasteiger partial charge in [-0.1, -0.05) is 15.9 Å². The molecular formula is C14H20BrN3O2. The van der Waals surface area contributed by atoms with Gasteiger partial charge in [0.25, 0.3) is 0 Å². The lowest BCUT2D eigenvalue weighted by Crippen LogP contribution is -2.43. The third kappa shape index (κ3) is 5.30. The molecular weight excluding hydrogens is 322 g/mol. The van der Waals surface area contributed by atoms with Crippen LogP contribution < -0.4 is 11.1 Å². The van der Waals surface area contributed by atoms with Crippen molar-refractivity contribution in [2.24, 2.45) is 5.73 Å². The Bertz CT molecular complexity index is 503. The highest BCUT2D eigenvalue weighted by molar-refractivity contribution is 9.10. The van der Waals surface area contributed by atoms with Gasteiger partial charge in [0.05, 0.1) is 13.1 Å². The number of rotatable bonds is 6. The minimum atomic E-state index is -0.439. The number of carbonyl (C=O) groups excluding carboxylic acids is 2. The number of carbonyl (C=O) groups is 2. The van der Waals surface area contributed by atoms with Gasteiger partial charge in [-0.05, 0) is 44.5 Å². The molecule has 0 bridgehead atoms. The maximum absolute atomic E-state index is 12.0. The molecule has 110 valence electrons. The maximum Gasteiger partial charge on any atom is 0.238 e. The Kier molecular flexibility index (Phi) is 6.16. The van der Waals surface area contributed by atoms with Crippen LogP contribution in [-0.2, 0) is 9.59 Å². The van der Waals surface area contributed by atoms with Crippen LogP contribution in [0.3, 0.4) is 0 Å². The van der Waals surface area contributed by atoms with Gasteiger partial charge in [0, 0.05) is 16.2 Å². The standard InChI is InChI=1S/C14H20BrN3O2/c1-9(2)18(7-13(16)19)8-14(20)17-11-4-5-12(15)10(3)6-11/h4-6,9H,7-8H2,1-3H3,(H2,16,19)(H,17,20). The molecule has 0 saturated carbocycles. The quantitative estimate of drug-likeness (QED) is 0.829. The smallest absolute Gasteiger partial charge is 0.238 e. The Labute approximate surface area is 127 Å². The SMILES string of the molecule is Cc1cc(NC(=O)CN(CC(N)=O)C(C)C)ccc1Br. The average Bonchev–Trinajstić information content (AvgIpc) is 2.32. The molecule has 0 radical (unpaired) electrons. The van der Waals surface area contributed by atoms with E-state index in [2.05, 4.69) is 21.2 Å². The number of anilines is 1. The van der Waals surface area contributed by atoms with Gasteiger partial charge in [-0.25, -0.2) is 0 Å². The van der Waals surface area contributed by atoms with Crippen molar-refractivity contribution >= 4 is 33.4 Å². The molecule has 0 saturated heterocycles. The number of halogens is 1. The number of benzene rings is 1. The Morgan fingerprint density at radius 1 is 1.35 bits per heavy atom. The van der Waals surface area contributed by atoms with E-state index in [-0.39, 0.29) is 25.0 Å². The summed E-state index contributed by atoms with van der Waals surface area (Å²) in [5, 5.41) is 2.82. The second-order valence-corrected chi connectivity index (χ2v) is 5.83. The maximum atomic E-state index is 12.0. The van der Waals surface area contributed by atoms with Crippen molar-refractivity contribution in [1.29, 1.82) is 0 Å². The predicted molar refractivity (Wildman–Crippen MR) is 83.4 cm³/mol. The van der Waals surface area contributed by atoms with Gasteiger partial charge in [0.2, 0.25) is 11.8 Å². The van der Waals surface area contributed by atoms with E-state index in [1.54, 1.807) is 4.90 Å². The zero-order valence-electron chi connectivity index (χ0n) is 11.9. The normalized spacial score (nSPS) is 10.9. The molecule has 0 spiro atoms. The number of aryl methyl sites for hydroxylation is 1. The van der Waals surface area contributed by atoms with Crippen LogP contribution in [0.15, 0.2) is 22.7 Å². The molecule has 0 atom stereocenters. The average molecular weight is 342 g/mol. The molecule has 0 fully saturated rings. The molecule has 3 N–H and O–H groups in total. The molecule has 20 heavy (non-hydrogen) atoms. The molecule has 0 aliphatic carbocycles. The summed E-state index contributed by atoms with van der Waals surface area (Å²) in [4.78, 5) is 24.7. The first kappa shape index (κ1) is 16.7. The van der Waals surface area contributed by atoms with Crippen molar-refractivity contribution in [3.8, 4) is 0 Å². The lowest BCUT2D eigenvalue weighted by atomic mass is 10.2. The van der Waals surface area contributed by atoms with Gasteiger partial charge in [0.1, 0.15) is 0 Å². The van der Waals surface area contributed by atoms with Crippen LogP contribution in [0.1, 0.15) is 19.4 Å². The zero-order chi connectivity index (χ0) is 15.3. The van der Waals surface area contributed by atoms with E-state index in [0.717, 1.165) is 15.7 Å². The van der Waals surface area contributed by atoms with Crippen LogP contribution >= 0.6 is 15.9 Å². The van der Waals surface area contributed by atoms with E-state index >= 15 is 0 Å². The molecule has 6 heteroatoms. The van der Waals surface area contributed by atoms with Crippen LogP contribution in [0, 0.1) is 6.92 Å². The number of nitrogens with one attached hydrogen (secondary N) is 1. The summed E-state index contributed by atoms with van der Waals surface area (Å²) in [5.74, 6) is -0.604. The molecule has 0 aromatic heterocycles. The van der Waals surface area contributed by atoms with Crippen LogP contribution in [0.4, 0.5) is 5.69 Å². The Morgan fingerprint density at radius 3 is 2.50 bits per heavy atom. The molecule has 5 nitrogen and oxygen atoms in total. The van der Waals surface area contributed by atoms with E-state index in [1.165, 1.54) is 0 Å². The summed E-state index contributed by atoms with van der Waals surface area (Å²) in [6.45, 7) is 5.99. The van der Waals surface area contributed by atoms with Gasteiger partial charge in [0.15, 0.2) is 0 Å². The molecule has 0 aliphatic heterocycles. The van der Waals surface area contributed by atoms with Crippen LogP contribution in [-0.4, -0.2) is 35.8 Å². The van der Waals surface area contributed by atoms with Gasteiger partial charge in [-0.15, -0.1) is 0 Å². The topological polar surface area (TPSA) is 75.4 Å². The van der Waals surface area contributed by atoms with E-state index in [0.29, 0.717) is 0 Å². The highest BCUT2D eigenvalue weighted by Gasteiger charge is 2.16. The molecule has 1 aromatic rings. The third-order valence-electron chi connectivity index (χ3n) is 2.88. The second kappa shape index (κ2) is 7.40. The summed E-state index contributed by atoms with van der Waals surface area (Å²) >= 11 is 3.41. The number of primary amides is 1. The number of nitrogens with two attached hydrogens (primary N) is 1. The van der Waals surface area contributed by atoms with Crippen molar-refractivity contribution in [2.75, 3.05) is 18.4 Å². The van der Waals surface area contributed by atoms with Crippen molar-refractivity contribution in [3.05, 3.63) is 28.2 Å². The van der Waals surface area contributed by atoms with Gasteiger partial charge in [-0.3, -0.25) is 14.5 Å². The number of hydrogen-bond acceptors (Lipinski definition) is 3. The highest BCUT2D eigenvalue weighted by atomic mass is 79.9. The van der Waals surface area contributed by atoms with Crippen molar-refractivity contribution < 1.29 is 9.59 Å². The fourth-order valence-corrected chi connectivity index (χ4v) is 1.98. The summed E-state index contributed by atoms with van der Waals surface area (Å²) in [7, 11) is 0. The Morgan fingerprint density at radius 2 is 2.00 bits per heavy atom.